The van der Waals surface area contributed by atoms with Gasteiger partial charge < -0.3 is 10.1 Å². The van der Waals surface area contributed by atoms with Gasteiger partial charge >= 0.3 is 6.09 Å². The lowest BCUT2D eigenvalue weighted by Gasteiger charge is -2.18. The lowest BCUT2D eigenvalue weighted by molar-refractivity contribution is 0.132. The van der Waals surface area contributed by atoms with E-state index < -0.39 is 29.9 Å². The van der Waals surface area contributed by atoms with Crippen molar-refractivity contribution >= 4 is 6.09 Å². The van der Waals surface area contributed by atoms with E-state index in [-0.39, 0.29) is 5.56 Å². The van der Waals surface area contributed by atoms with E-state index in [2.05, 4.69) is 10.3 Å². The van der Waals surface area contributed by atoms with Crippen molar-refractivity contribution < 1.29 is 18.3 Å². The summed E-state index contributed by atoms with van der Waals surface area (Å²) in [6, 6.07) is 14.0. The van der Waals surface area contributed by atoms with E-state index in [0.29, 0.717) is 5.56 Å². The number of rotatable bonds is 3. The van der Waals surface area contributed by atoms with Gasteiger partial charge in [-0.2, -0.15) is 0 Å². The minimum Gasteiger partial charge on any atom is -0.439 e. The number of cyclic esters (lactones) is 1. The Labute approximate surface area is 148 Å². The van der Waals surface area contributed by atoms with E-state index in [0.717, 1.165) is 29.3 Å². The molecule has 1 fully saturated rings. The molecule has 2 heterocycles. The summed E-state index contributed by atoms with van der Waals surface area (Å²) < 4.78 is 32.4. The molecule has 4 rings (SSSR count). The quantitative estimate of drug-likeness (QED) is 0.752. The highest BCUT2D eigenvalue weighted by Gasteiger charge is 2.37. The van der Waals surface area contributed by atoms with Gasteiger partial charge in [0.2, 0.25) is 0 Å². The third kappa shape index (κ3) is 3.13. The summed E-state index contributed by atoms with van der Waals surface area (Å²) in [6.45, 7) is 0. The summed E-state index contributed by atoms with van der Waals surface area (Å²) >= 11 is 0. The number of carbonyl (C=O) groups excluding carboxylic acids is 1. The second-order valence-electron chi connectivity index (χ2n) is 6.02. The highest BCUT2D eigenvalue weighted by Crippen LogP contribution is 2.37. The number of pyridine rings is 1. The Hall–Kier alpha value is -3.28. The number of halogens is 2. The second kappa shape index (κ2) is 6.55. The molecule has 2 aromatic carbocycles. The fourth-order valence-electron chi connectivity index (χ4n) is 3.09. The predicted octanol–water partition coefficient (Wildman–Crippen LogP) is 4.55. The van der Waals surface area contributed by atoms with E-state index in [1.807, 2.05) is 36.4 Å². The van der Waals surface area contributed by atoms with Gasteiger partial charge in [-0.3, -0.25) is 4.98 Å². The van der Waals surface area contributed by atoms with Crippen LogP contribution in [0.15, 0.2) is 67.0 Å². The van der Waals surface area contributed by atoms with E-state index in [9.17, 15) is 13.6 Å². The van der Waals surface area contributed by atoms with Crippen LogP contribution < -0.4 is 5.32 Å². The average Bonchev–Trinajstić information content (AvgIpc) is 3.04. The van der Waals surface area contributed by atoms with Crippen molar-refractivity contribution in [2.75, 3.05) is 0 Å². The number of benzene rings is 2. The Morgan fingerprint density at radius 3 is 2.35 bits per heavy atom. The van der Waals surface area contributed by atoms with Crippen LogP contribution >= 0.6 is 0 Å². The molecule has 1 aliphatic heterocycles. The first kappa shape index (κ1) is 16.2. The predicted molar refractivity (Wildman–Crippen MR) is 91.1 cm³/mol. The van der Waals surface area contributed by atoms with Crippen LogP contribution in [0.2, 0.25) is 0 Å². The van der Waals surface area contributed by atoms with Crippen LogP contribution in [0.1, 0.15) is 23.3 Å². The van der Waals surface area contributed by atoms with Crippen LogP contribution in [0.25, 0.3) is 11.1 Å². The van der Waals surface area contributed by atoms with Gasteiger partial charge in [-0.05, 0) is 29.3 Å². The third-order valence-electron chi connectivity index (χ3n) is 4.25. The number of alkyl carbamates (subject to hydrolysis) is 1. The molecule has 1 amide bonds. The molecule has 0 bridgehead atoms. The molecule has 1 N–H and O–H groups in total. The van der Waals surface area contributed by atoms with Crippen molar-refractivity contribution in [1.29, 1.82) is 0 Å². The van der Waals surface area contributed by atoms with Crippen molar-refractivity contribution in [3.05, 3.63) is 89.8 Å². The standard InChI is InChI=1S/C20H14F2N2O2/c21-16-7-13(8-17(22)9-16)19-18(24-20(25)26-19)15-6-14(10-23-11-15)12-4-2-1-3-5-12/h1-11,18-19H,(H,24,25)/t18-,19-/m1/s1. The maximum Gasteiger partial charge on any atom is 0.408 e. The molecule has 2 atom stereocenters. The summed E-state index contributed by atoms with van der Waals surface area (Å²) in [5.74, 6) is -1.45. The molecular weight excluding hydrogens is 338 g/mol. The average molecular weight is 352 g/mol. The zero-order valence-electron chi connectivity index (χ0n) is 13.5. The molecule has 0 aliphatic carbocycles. The van der Waals surface area contributed by atoms with Crippen LogP contribution in [-0.4, -0.2) is 11.1 Å². The first-order chi connectivity index (χ1) is 12.6. The molecule has 4 nitrogen and oxygen atoms in total. The lowest BCUT2D eigenvalue weighted by Crippen LogP contribution is -2.20. The van der Waals surface area contributed by atoms with Crippen molar-refractivity contribution in [3.8, 4) is 11.1 Å². The summed E-state index contributed by atoms with van der Waals surface area (Å²) in [5.41, 5.74) is 2.77. The SMILES string of the molecule is O=C1N[C@H](c2cncc(-c3ccccc3)c2)[C@@H](c2cc(F)cc(F)c2)O1. The minimum atomic E-state index is -0.847. The van der Waals surface area contributed by atoms with Crippen molar-refractivity contribution in [3.63, 3.8) is 0 Å². The minimum absolute atomic E-state index is 0.246. The van der Waals surface area contributed by atoms with Gasteiger partial charge in [0.15, 0.2) is 6.10 Å². The number of nitrogens with one attached hydrogen (secondary N) is 1. The number of nitrogens with zero attached hydrogens (tertiary/aromatic N) is 1. The molecular formula is C20H14F2N2O2. The van der Waals surface area contributed by atoms with Crippen LogP contribution in [-0.2, 0) is 4.74 Å². The largest absolute Gasteiger partial charge is 0.439 e. The van der Waals surface area contributed by atoms with Crippen LogP contribution in [0.4, 0.5) is 13.6 Å². The topological polar surface area (TPSA) is 51.2 Å². The molecule has 6 heteroatoms. The van der Waals surface area contributed by atoms with Gasteiger partial charge in [0.05, 0.1) is 0 Å². The van der Waals surface area contributed by atoms with Gasteiger partial charge in [0.1, 0.15) is 17.7 Å². The maximum atomic E-state index is 13.6. The monoisotopic (exact) mass is 352 g/mol. The van der Waals surface area contributed by atoms with E-state index >= 15 is 0 Å². The molecule has 3 aromatic rings. The van der Waals surface area contributed by atoms with Gasteiger partial charge in [0, 0.05) is 29.6 Å². The van der Waals surface area contributed by atoms with Crippen LogP contribution in [0, 0.1) is 11.6 Å². The molecule has 0 saturated carbocycles. The molecule has 0 radical (unpaired) electrons. The van der Waals surface area contributed by atoms with Crippen molar-refractivity contribution in [2.24, 2.45) is 0 Å². The Kier molecular flexibility index (Phi) is 4.08. The molecule has 1 aliphatic rings. The van der Waals surface area contributed by atoms with Crippen LogP contribution in [0.5, 0.6) is 0 Å². The fraction of sp³-hybridized carbons (Fsp3) is 0.100. The lowest BCUT2D eigenvalue weighted by atomic mass is 9.95. The van der Waals surface area contributed by atoms with Gasteiger partial charge in [0.25, 0.3) is 0 Å². The Balaban J connectivity index is 1.72. The second-order valence-corrected chi connectivity index (χ2v) is 6.02. The normalized spacial score (nSPS) is 19.1. The van der Waals surface area contributed by atoms with E-state index in [1.165, 1.54) is 0 Å². The summed E-state index contributed by atoms with van der Waals surface area (Å²) in [6.07, 6.45) is 1.83. The summed E-state index contributed by atoms with van der Waals surface area (Å²) in [5, 5.41) is 2.69. The smallest absolute Gasteiger partial charge is 0.408 e. The molecule has 0 unspecified atom stereocenters. The zero-order chi connectivity index (χ0) is 18.1. The summed E-state index contributed by atoms with van der Waals surface area (Å²) in [4.78, 5) is 16.0. The Bertz CT molecular complexity index is 943. The number of carbonyl (C=O) groups is 1. The third-order valence-corrected chi connectivity index (χ3v) is 4.25. The number of aromatic nitrogens is 1. The van der Waals surface area contributed by atoms with Gasteiger partial charge in [-0.1, -0.05) is 30.3 Å². The van der Waals surface area contributed by atoms with E-state index in [1.54, 1.807) is 12.4 Å². The van der Waals surface area contributed by atoms with Crippen molar-refractivity contribution in [2.45, 2.75) is 12.1 Å². The molecule has 26 heavy (non-hydrogen) atoms. The van der Waals surface area contributed by atoms with E-state index in [4.69, 9.17) is 4.74 Å². The molecule has 1 aromatic heterocycles. The van der Waals surface area contributed by atoms with Crippen LogP contribution in [0.3, 0.4) is 0 Å². The highest BCUT2D eigenvalue weighted by molar-refractivity contribution is 5.71. The number of hydrogen-bond donors (Lipinski definition) is 1. The first-order valence-electron chi connectivity index (χ1n) is 8.04. The molecule has 0 spiro atoms. The Morgan fingerprint density at radius 1 is 0.885 bits per heavy atom. The Morgan fingerprint density at radius 2 is 1.62 bits per heavy atom. The number of hydrogen-bond acceptors (Lipinski definition) is 3. The maximum absolute atomic E-state index is 13.6. The molecule has 130 valence electrons. The number of ether oxygens (including phenoxy) is 1. The first-order valence-corrected chi connectivity index (χ1v) is 8.04. The van der Waals surface area contributed by atoms with Gasteiger partial charge in [-0.25, -0.2) is 13.6 Å². The highest BCUT2D eigenvalue weighted by atomic mass is 19.1. The fourth-order valence-corrected chi connectivity index (χ4v) is 3.09. The number of amides is 1. The molecule has 1 saturated heterocycles. The van der Waals surface area contributed by atoms with Crippen molar-refractivity contribution in [1.82, 2.24) is 10.3 Å². The summed E-state index contributed by atoms with van der Waals surface area (Å²) in [7, 11) is 0. The zero-order valence-corrected chi connectivity index (χ0v) is 13.5. The van der Waals surface area contributed by atoms with Gasteiger partial charge in [-0.15, -0.1) is 0 Å².